The van der Waals surface area contributed by atoms with Crippen molar-refractivity contribution in [2.45, 2.75) is 68.0 Å². The van der Waals surface area contributed by atoms with Gasteiger partial charge in [0.2, 0.25) is 15.9 Å². The Morgan fingerprint density at radius 2 is 1.68 bits per heavy atom. The summed E-state index contributed by atoms with van der Waals surface area (Å²) in [6.07, 6.45) is 6.36. The molecule has 2 fully saturated rings. The van der Waals surface area contributed by atoms with Crippen molar-refractivity contribution in [1.29, 1.82) is 0 Å². The van der Waals surface area contributed by atoms with Crippen molar-refractivity contribution in [2.75, 3.05) is 48.1 Å². The van der Waals surface area contributed by atoms with E-state index in [1.165, 1.54) is 36.2 Å². The standard InChI is InChI=1S/C31H45N3O6S/c1-33(2)31(23-10-6-5-7-11-23)24-13-15-25(16-14-24)32-30(35)22-40-21-26-12-8-9-19-34(26)41(36,37)27-17-18-28(38-3)29(20-27)39-4/h5-7,10-11,17-18,20,24-26,31H,8-9,12-16,19,21-22H2,1-4H3,(H,32,35). The van der Waals surface area contributed by atoms with Gasteiger partial charge >= 0.3 is 0 Å². The Bertz CT molecular complexity index is 1230. The minimum atomic E-state index is -3.77. The van der Waals surface area contributed by atoms with Gasteiger partial charge in [-0.25, -0.2) is 8.42 Å². The van der Waals surface area contributed by atoms with Gasteiger partial charge in [-0.15, -0.1) is 0 Å². The van der Waals surface area contributed by atoms with Crippen LogP contribution in [0.5, 0.6) is 11.5 Å². The number of sulfonamides is 1. The van der Waals surface area contributed by atoms with Crippen molar-refractivity contribution in [3.63, 3.8) is 0 Å². The van der Waals surface area contributed by atoms with E-state index in [9.17, 15) is 13.2 Å². The number of nitrogens with zero attached hydrogens (tertiary/aromatic N) is 2. The number of hydrogen-bond acceptors (Lipinski definition) is 7. The summed E-state index contributed by atoms with van der Waals surface area (Å²) in [5, 5.41) is 3.14. The lowest BCUT2D eigenvalue weighted by Crippen LogP contribution is -2.46. The summed E-state index contributed by atoms with van der Waals surface area (Å²) in [7, 11) is 3.49. The second kappa shape index (κ2) is 14.5. The molecule has 0 radical (unpaired) electrons. The van der Waals surface area contributed by atoms with Crippen molar-refractivity contribution >= 4 is 15.9 Å². The third-order valence-electron chi connectivity index (χ3n) is 8.36. The van der Waals surface area contributed by atoms with Gasteiger partial charge in [-0.3, -0.25) is 4.79 Å². The average molecular weight is 588 g/mol. The molecule has 1 aliphatic carbocycles. The van der Waals surface area contributed by atoms with Crippen LogP contribution in [0.15, 0.2) is 53.4 Å². The van der Waals surface area contributed by atoms with Gasteiger partial charge in [-0.1, -0.05) is 36.8 Å². The molecule has 9 nitrogen and oxygen atoms in total. The van der Waals surface area contributed by atoms with Gasteiger partial charge in [0, 0.05) is 30.7 Å². The smallest absolute Gasteiger partial charge is 0.246 e. The molecule has 10 heteroatoms. The van der Waals surface area contributed by atoms with Crippen LogP contribution in [0.1, 0.15) is 56.6 Å². The van der Waals surface area contributed by atoms with Gasteiger partial charge in [-0.2, -0.15) is 4.31 Å². The minimum absolute atomic E-state index is 0.0784. The zero-order valence-electron chi connectivity index (χ0n) is 24.8. The number of hydrogen-bond donors (Lipinski definition) is 1. The monoisotopic (exact) mass is 587 g/mol. The predicted molar refractivity (Wildman–Crippen MR) is 159 cm³/mol. The van der Waals surface area contributed by atoms with E-state index in [1.807, 2.05) is 6.07 Å². The molecule has 2 aliphatic rings. The van der Waals surface area contributed by atoms with Gasteiger partial charge < -0.3 is 24.4 Å². The molecule has 2 atom stereocenters. The highest BCUT2D eigenvalue weighted by atomic mass is 32.2. The number of amides is 1. The van der Waals surface area contributed by atoms with Crippen LogP contribution < -0.4 is 14.8 Å². The molecule has 1 saturated carbocycles. The first-order valence-electron chi connectivity index (χ1n) is 14.6. The predicted octanol–water partition coefficient (Wildman–Crippen LogP) is 4.24. The molecule has 1 aliphatic heterocycles. The van der Waals surface area contributed by atoms with Crippen LogP contribution in [0.25, 0.3) is 0 Å². The van der Waals surface area contributed by atoms with Crippen LogP contribution in [-0.2, 0) is 19.6 Å². The first-order chi connectivity index (χ1) is 19.7. The van der Waals surface area contributed by atoms with Gasteiger partial charge in [0.15, 0.2) is 11.5 Å². The number of rotatable bonds is 12. The SMILES string of the molecule is COc1ccc(S(=O)(=O)N2CCCCC2COCC(=O)NC2CCC(C(c3ccccc3)N(C)C)CC2)cc1OC. The molecule has 1 N–H and O–H groups in total. The Hall–Kier alpha value is -2.66. The fraction of sp³-hybridized carbons (Fsp3) is 0.581. The second-order valence-electron chi connectivity index (χ2n) is 11.3. The zero-order chi connectivity index (χ0) is 29.4. The quantitative estimate of drug-likeness (QED) is 0.397. The molecule has 226 valence electrons. The van der Waals surface area contributed by atoms with Crippen molar-refractivity contribution in [3.8, 4) is 11.5 Å². The Labute approximate surface area is 245 Å². The summed E-state index contributed by atoms with van der Waals surface area (Å²) in [6, 6.07) is 15.4. The molecule has 0 bridgehead atoms. The number of ether oxygens (including phenoxy) is 3. The molecule has 1 amide bonds. The Kier molecular flexibility index (Phi) is 11.1. The number of benzene rings is 2. The number of nitrogens with one attached hydrogen (secondary N) is 1. The third kappa shape index (κ3) is 7.80. The van der Waals surface area contributed by atoms with E-state index in [0.717, 1.165) is 38.5 Å². The molecule has 2 unspecified atom stereocenters. The van der Waals surface area contributed by atoms with Gasteiger partial charge in [0.25, 0.3) is 0 Å². The zero-order valence-corrected chi connectivity index (χ0v) is 25.6. The molecule has 0 aromatic heterocycles. The van der Waals surface area contributed by atoms with Crippen LogP contribution >= 0.6 is 0 Å². The lowest BCUT2D eigenvalue weighted by molar-refractivity contribution is -0.127. The molecule has 4 rings (SSSR count). The number of carbonyl (C=O) groups is 1. The normalized spacial score (nSPS) is 22.7. The average Bonchev–Trinajstić information content (AvgIpc) is 2.98. The number of methoxy groups -OCH3 is 2. The van der Waals surface area contributed by atoms with Gasteiger partial charge in [-0.05, 0) is 76.2 Å². The highest BCUT2D eigenvalue weighted by Gasteiger charge is 2.35. The number of piperidine rings is 1. The van der Waals surface area contributed by atoms with E-state index in [1.54, 1.807) is 6.07 Å². The molecular weight excluding hydrogens is 542 g/mol. The molecule has 2 aromatic carbocycles. The van der Waals surface area contributed by atoms with Crippen molar-refractivity contribution in [3.05, 3.63) is 54.1 Å². The van der Waals surface area contributed by atoms with Gasteiger partial charge in [0.05, 0.1) is 25.7 Å². The molecule has 0 spiro atoms. The van der Waals surface area contributed by atoms with E-state index in [0.29, 0.717) is 36.4 Å². The fourth-order valence-corrected chi connectivity index (χ4v) is 8.04. The van der Waals surface area contributed by atoms with Crippen LogP contribution in [0.2, 0.25) is 0 Å². The Morgan fingerprint density at radius 1 is 0.976 bits per heavy atom. The highest BCUT2D eigenvalue weighted by molar-refractivity contribution is 7.89. The van der Waals surface area contributed by atoms with Crippen LogP contribution in [0.4, 0.5) is 0 Å². The molecule has 1 saturated heterocycles. The molecule has 2 aromatic rings. The van der Waals surface area contributed by atoms with Crippen LogP contribution in [0, 0.1) is 5.92 Å². The summed E-state index contributed by atoms with van der Waals surface area (Å²) in [6.45, 7) is 0.510. The minimum Gasteiger partial charge on any atom is -0.493 e. The second-order valence-corrected chi connectivity index (χ2v) is 13.2. The van der Waals surface area contributed by atoms with Crippen molar-refractivity contribution < 1.29 is 27.4 Å². The summed E-state index contributed by atoms with van der Waals surface area (Å²) >= 11 is 0. The summed E-state index contributed by atoms with van der Waals surface area (Å²) in [5.41, 5.74) is 1.34. The van der Waals surface area contributed by atoms with Gasteiger partial charge in [0.1, 0.15) is 6.61 Å². The number of carbonyl (C=O) groups excluding carboxylic acids is 1. The van der Waals surface area contributed by atoms with Crippen molar-refractivity contribution in [2.24, 2.45) is 5.92 Å². The van der Waals surface area contributed by atoms with Crippen LogP contribution in [-0.4, -0.2) is 83.7 Å². The maximum atomic E-state index is 13.5. The topological polar surface area (TPSA) is 97.4 Å². The Morgan fingerprint density at radius 3 is 2.34 bits per heavy atom. The summed E-state index contributed by atoms with van der Waals surface area (Å²) < 4.78 is 44.9. The lowest BCUT2D eigenvalue weighted by Gasteiger charge is -2.37. The maximum absolute atomic E-state index is 13.5. The van der Waals surface area contributed by atoms with E-state index < -0.39 is 10.0 Å². The largest absolute Gasteiger partial charge is 0.493 e. The molecule has 41 heavy (non-hydrogen) atoms. The summed E-state index contributed by atoms with van der Waals surface area (Å²) in [5.74, 6) is 1.23. The Balaban J connectivity index is 1.27. The maximum Gasteiger partial charge on any atom is 0.246 e. The third-order valence-corrected chi connectivity index (χ3v) is 10.3. The van der Waals surface area contributed by atoms with E-state index in [-0.39, 0.29) is 36.1 Å². The fourth-order valence-electron chi connectivity index (χ4n) is 6.35. The first-order valence-corrected chi connectivity index (χ1v) is 16.0. The molecular formula is C31H45N3O6S. The highest BCUT2D eigenvalue weighted by Crippen LogP contribution is 2.37. The first kappa shape index (κ1) is 31.3. The molecule has 1 heterocycles. The summed E-state index contributed by atoms with van der Waals surface area (Å²) in [4.78, 5) is 15.2. The van der Waals surface area contributed by atoms with E-state index in [4.69, 9.17) is 14.2 Å². The van der Waals surface area contributed by atoms with Crippen LogP contribution in [0.3, 0.4) is 0 Å². The lowest BCUT2D eigenvalue weighted by atomic mass is 9.78. The van der Waals surface area contributed by atoms with Crippen molar-refractivity contribution in [1.82, 2.24) is 14.5 Å². The van der Waals surface area contributed by atoms with E-state index >= 15 is 0 Å². The van der Waals surface area contributed by atoms with E-state index in [2.05, 4.69) is 48.6 Å².